The molecular weight excluding hydrogens is 273 g/mol. The van der Waals surface area contributed by atoms with Crippen LogP contribution in [-0.4, -0.2) is 20.3 Å². The minimum Gasteiger partial charge on any atom is -0.496 e. The number of hydrogen-bond acceptors (Lipinski definition) is 3. The summed E-state index contributed by atoms with van der Waals surface area (Å²) >= 11 is 0. The number of ether oxygens (including phenoxy) is 3. The fraction of sp³-hybridized carbons (Fsp3) is 0.571. The van der Waals surface area contributed by atoms with Gasteiger partial charge in [0.2, 0.25) is 0 Å². The van der Waals surface area contributed by atoms with Crippen LogP contribution in [0.25, 0.3) is 0 Å². The Hall–Kier alpha value is -1.43. The van der Waals surface area contributed by atoms with Crippen molar-refractivity contribution in [3.8, 4) is 11.5 Å². The van der Waals surface area contributed by atoms with Crippen LogP contribution in [-0.2, 0) is 17.5 Å². The lowest BCUT2D eigenvalue weighted by Gasteiger charge is -2.26. The van der Waals surface area contributed by atoms with Crippen molar-refractivity contribution in [1.29, 1.82) is 0 Å². The van der Waals surface area contributed by atoms with Gasteiger partial charge in [0.15, 0.2) is 0 Å². The number of alkyl halides is 3. The molecule has 0 bridgehead atoms. The normalized spacial score (nSPS) is 15.8. The summed E-state index contributed by atoms with van der Waals surface area (Å²) in [5.41, 5.74) is -0.284. The Labute approximate surface area is 115 Å². The minimum atomic E-state index is -4.52. The maximum Gasteiger partial charge on any atom is 0.423 e. The van der Waals surface area contributed by atoms with Gasteiger partial charge in [0.1, 0.15) is 17.1 Å². The van der Waals surface area contributed by atoms with Gasteiger partial charge >= 0.3 is 6.18 Å². The van der Waals surface area contributed by atoms with E-state index in [0.717, 1.165) is 19.3 Å². The minimum absolute atomic E-state index is 0.217. The van der Waals surface area contributed by atoms with Gasteiger partial charge in [-0.1, -0.05) is 0 Å². The van der Waals surface area contributed by atoms with Gasteiger partial charge in [0.25, 0.3) is 0 Å². The van der Waals surface area contributed by atoms with E-state index >= 15 is 0 Å². The highest BCUT2D eigenvalue weighted by Crippen LogP contribution is 2.43. The van der Waals surface area contributed by atoms with Crippen LogP contribution < -0.4 is 9.47 Å². The van der Waals surface area contributed by atoms with E-state index < -0.39 is 11.7 Å². The molecule has 0 unspecified atom stereocenters. The Bertz CT molecular complexity index is 442. The van der Waals surface area contributed by atoms with Gasteiger partial charge < -0.3 is 14.2 Å². The fourth-order valence-electron chi connectivity index (χ4n) is 2.08. The molecule has 0 atom stereocenters. The smallest absolute Gasteiger partial charge is 0.423 e. The molecule has 0 aromatic heterocycles. The fourth-order valence-corrected chi connectivity index (χ4v) is 2.08. The first kappa shape index (κ1) is 15.0. The zero-order chi connectivity index (χ0) is 14.8. The average molecular weight is 290 g/mol. The number of hydrogen-bond donors (Lipinski definition) is 0. The van der Waals surface area contributed by atoms with Crippen molar-refractivity contribution in [1.82, 2.24) is 0 Å². The standard InChI is InChI=1S/C14H17F3O3/c1-18-11-6-9(8-20-10-4-3-5-10)7-12(19-2)13(11)14(15,16)17/h6-7,10H,3-5,8H2,1-2H3. The second kappa shape index (κ2) is 5.91. The molecule has 3 nitrogen and oxygen atoms in total. The van der Waals surface area contributed by atoms with Gasteiger partial charge in [0, 0.05) is 0 Å². The molecule has 6 heteroatoms. The molecule has 1 aliphatic rings. The van der Waals surface area contributed by atoms with Crippen molar-refractivity contribution in [3.63, 3.8) is 0 Å². The molecule has 0 amide bonds. The van der Waals surface area contributed by atoms with Gasteiger partial charge in [-0.25, -0.2) is 0 Å². The Kier molecular flexibility index (Phi) is 4.42. The number of halogens is 3. The molecule has 1 aromatic carbocycles. The van der Waals surface area contributed by atoms with Crippen LogP contribution in [0.2, 0.25) is 0 Å². The Morgan fingerprint density at radius 1 is 1.10 bits per heavy atom. The second-order valence-electron chi connectivity index (χ2n) is 4.74. The molecule has 0 spiro atoms. The summed E-state index contributed by atoms with van der Waals surface area (Å²) < 4.78 is 54.3. The van der Waals surface area contributed by atoms with E-state index in [2.05, 4.69) is 0 Å². The average Bonchev–Trinajstić information content (AvgIpc) is 2.34. The summed E-state index contributed by atoms with van der Waals surface area (Å²) in [4.78, 5) is 0. The Balaban J connectivity index is 2.26. The number of methoxy groups -OCH3 is 2. The van der Waals surface area contributed by atoms with Crippen molar-refractivity contribution >= 4 is 0 Å². The largest absolute Gasteiger partial charge is 0.496 e. The maximum atomic E-state index is 13.0. The lowest BCUT2D eigenvalue weighted by molar-refractivity contribution is -0.140. The van der Waals surface area contributed by atoms with Crippen LogP contribution >= 0.6 is 0 Å². The third kappa shape index (κ3) is 3.17. The quantitative estimate of drug-likeness (QED) is 0.825. The number of benzene rings is 1. The van der Waals surface area contributed by atoms with Crippen molar-refractivity contribution in [3.05, 3.63) is 23.3 Å². The predicted octanol–water partition coefficient (Wildman–Crippen LogP) is 3.79. The van der Waals surface area contributed by atoms with Crippen molar-refractivity contribution in [2.24, 2.45) is 0 Å². The topological polar surface area (TPSA) is 27.7 Å². The van der Waals surface area contributed by atoms with Gasteiger partial charge in [-0.05, 0) is 37.0 Å². The first-order chi connectivity index (χ1) is 9.45. The summed E-state index contributed by atoms with van der Waals surface area (Å²) in [7, 11) is 2.42. The van der Waals surface area contributed by atoms with Crippen LogP contribution in [0, 0.1) is 0 Å². The molecule has 112 valence electrons. The lowest BCUT2D eigenvalue weighted by Crippen LogP contribution is -2.21. The summed E-state index contributed by atoms with van der Waals surface area (Å²) in [6.45, 7) is 0.259. The van der Waals surface area contributed by atoms with Gasteiger partial charge in [-0.3, -0.25) is 0 Å². The van der Waals surface area contributed by atoms with E-state index in [-0.39, 0.29) is 24.2 Å². The Morgan fingerprint density at radius 2 is 1.65 bits per heavy atom. The molecule has 2 rings (SSSR count). The number of rotatable bonds is 5. The SMILES string of the molecule is COc1cc(COC2CCC2)cc(OC)c1C(F)(F)F. The van der Waals surface area contributed by atoms with E-state index in [0.29, 0.717) is 5.56 Å². The highest BCUT2D eigenvalue weighted by molar-refractivity contribution is 5.49. The summed E-state index contributed by atoms with van der Waals surface area (Å²) in [5, 5.41) is 0. The van der Waals surface area contributed by atoms with E-state index in [1.165, 1.54) is 26.4 Å². The molecule has 1 saturated carbocycles. The lowest BCUT2D eigenvalue weighted by atomic mass is 9.96. The summed E-state index contributed by atoms with van der Waals surface area (Å²) in [6, 6.07) is 2.70. The zero-order valence-corrected chi connectivity index (χ0v) is 11.4. The van der Waals surface area contributed by atoms with Crippen molar-refractivity contribution in [2.75, 3.05) is 14.2 Å². The molecule has 0 aliphatic heterocycles. The monoisotopic (exact) mass is 290 g/mol. The third-order valence-electron chi connectivity index (χ3n) is 3.39. The summed E-state index contributed by atoms with van der Waals surface area (Å²) in [6.07, 6.45) is -1.15. The van der Waals surface area contributed by atoms with Crippen molar-refractivity contribution in [2.45, 2.75) is 38.1 Å². The van der Waals surface area contributed by atoms with Crippen LogP contribution in [0.4, 0.5) is 13.2 Å². The summed E-state index contributed by atoms with van der Waals surface area (Å²) in [5.74, 6) is -0.492. The zero-order valence-electron chi connectivity index (χ0n) is 11.4. The van der Waals surface area contributed by atoms with Crippen LogP contribution in [0.15, 0.2) is 12.1 Å². The highest BCUT2D eigenvalue weighted by Gasteiger charge is 2.38. The van der Waals surface area contributed by atoms with Crippen molar-refractivity contribution < 1.29 is 27.4 Å². The van der Waals surface area contributed by atoms with E-state index in [1.807, 2.05) is 0 Å². The Morgan fingerprint density at radius 3 is 2.00 bits per heavy atom. The maximum absolute atomic E-state index is 13.0. The van der Waals surface area contributed by atoms with E-state index in [4.69, 9.17) is 14.2 Å². The van der Waals surface area contributed by atoms with Crippen LogP contribution in [0.3, 0.4) is 0 Å². The molecule has 1 fully saturated rings. The first-order valence-corrected chi connectivity index (χ1v) is 6.39. The predicted molar refractivity (Wildman–Crippen MR) is 67.0 cm³/mol. The van der Waals surface area contributed by atoms with E-state index in [9.17, 15) is 13.2 Å². The second-order valence-corrected chi connectivity index (χ2v) is 4.74. The van der Waals surface area contributed by atoms with E-state index in [1.54, 1.807) is 0 Å². The molecule has 0 heterocycles. The van der Waals surface area contributed by atoms with Gasteiger partial charge in [0.05, 0.1) is 26.9 Å². The molecule has 1 aliphatic carbocycles. The van der Waals surface area contributed by atoms with Gasteiger partial charge in [-0.2, -0.15) is 13.2 Å². The first-order valence-electron chi connectivity index (χ1n) is 6.39. The van der Waals surface area contributed by atoms with Crippen LogP contribution in [0.5, 0.6) is 11.5 Å². The molecule has 20 heavy (non-hydrogen) atoms. The third-order valence-corrected chi connectivity index (χ3v) is 3.39. The highest BCUT2D eigenvalue weighted by atomic mass is 19.4. The van der Waals surface area contributed by atoms with Crippen LogP contribution in [0.1, 0.15) is 30.4 Å². The van der Waals surface area contributed by atoms with Gasteiger partial charge in [-0.15, -0.1) is 0 Å². The molecule has 0 N–H and O–H groups in total. The molecule has 1 aromatic rings. The molecule has 0 radical (unpaired) electrons. The molecular formula is C14H17F3O3. The molecule has 0 saturated heterocycles.